The van der Waals surface area contributed by atoms with E-state index in [-0.39, 0.29) is 11.6 Å². The summed E-state index contributed by atoms with van der Waals surface area (Å²) in [7, 11) is 2.86. The van der Waals surface area contributed by atoms with Gasteiger partial charge in [-0.05, 0) is 25.0 Å². The van der Waals surface area contributed by atoms with Crippen LogP contribution in [0.15, 0.2) is 48.5 Å². The maximum absolute atomic E-state index is 13.5. The zero-order valence-electron chi connectivity index (χ0n) is 23.1. The van der Waals surface area contributed by atoms with Crippen LogP contribution in [0.3, 0.4) is 0 Å². The molecule has 3 heterocycles. The largest absolute Gasteiger partial charge is 0.609 e. The number of pyridine rings is 1. The molecule has 2 aliphatic heterocycles. The molecule has 1 aromatic carbocycles. The molecule has 0 saturated carbocycles. The molecular weight excluding hydrogens is 519 g/mol. The van der Waals surface area contributed by atoms with Crippen molar-refractivity contribution in [3.8, 4) is 11.3 Å². The van der Waals surface area contributed by atoms with Crippen LogP contribution in [0.4, 0.5) is 0 Å². The number of aromatic nitrogens is 1. The average Bonchev–Trinajstić information content (AvgIpc) is 3.37. The smallest absolute Gasteiger partial charge is 0.548 e. The predicted molar refractivity (Wildman–Crippen MR) is 143 cm³/mol. The number of carbonyl (C=O) groups excluding carboxylic acids is 4. The van der Waals surface area contributed by atoms with Crippen LogP contribution in [0, 0.1) is 5.92 Å². The number of aliphatic hydroxyl groups is 1. The van der Waals surface area contributed by atoms with Gasteiger partial charge in [-0.2, -0.15) is 0 Å². The number of hydrogen-bond acceptors (Lipinski definition) is 9. The molecule has 4 rings (SSSR count). The molecule has 2 bridgehead atoms. The molecular formula is C27H35BN4O8. The van der Waals surface area contributed by atoms with E-state index in [1.54, 1.807) is 19.2 Å². The lowest BCUT2D eigenvalue weighted by Crippen LogP contribution is -3.21. The van der Waals surface area contributed by atoms with Crippen molar-refractivity contribution < 1.29 is 43.1 Å². The molecule has 1 aromatic heterocycles. The summed E-state index contributed by atoms with van der Waals surface area (Å²) in [5.41, 5.74) is 1.46. The third-order valence-corrected chi connectivity index (χ3v) is 7.44. The van der Waals surface area contributed by atoms with Gasteiger partial charge >= 0.3 is 18.6 Å². The van der Waals surface area contributed by atoms with Crippen LogP contribution in [0.5, 0.6) is 0 Å². The second-order valence-corrected chi connectivity index (χ2v) is 10.7. The van der Waals surface area contributed by atoms with Crippen molar-refractivity contribution in [3.63, 3.8) is 0 Å². The van der Waals surface area contributed by atoms with Crippen LogP contribution in [0.1, 0.15) is 37.7 Å². The third-order valence-electron chi connectivity index (χ3n) is 7.44. The summed E-state index contributed by atoms with van der Waals surface area (Å²) in [6, 6.07) is 12.0. The van der Waals surface area contributed by atoms with Crippen molar-refractivity contribution in [3.05, 3.63) is 54.2 Å². The van der Waals surface area contributed by atoms with E-state index >= 15 is 0 Å². The zero-order valence-corrected chi connectivity index (χ0v) is 23.1. The molecule has 2 aliphatic rings. The van der Waals surface area contributed by atoms with Gasteiger partial charge in [0.2, 0.25) is 5.91 Å². The Hall–Kier alpha value is -3.81. The number of hydrogen-bond donors (Lipinski definition) is 4. The number of esters is 1. The van der Waals surface area contributed by atoms with Crippen LogP contribution < -0.4 is 15.4 Å². The van der Waals surface area contributed by atoms with Crippen molar-refractivity contribution >= 4 is 30.4 Å². The number of quaternary nitrogens is 1. The summed E-state index contributed by atoms with van der Waals surface area (Å²) in [5.74, 6) is -3.51. The SMILES string of the molecule is COC(=O)[C@@H]1O[B-]2([C@H](CC(C)C)NC(=O)[C@@H](NC(=O)c3cccc(-c4ccccc4)n3)[C@@H](C)O)OC(=O)[C@H]1[NH+]2C. The summed E-state index contributed by atoms with van der Waals surface area (Å²) in [6.45, 7) is 2.66. The van der Waals surface area contributed by atoms with Crippen molar-refractivity contribution in [2.24, 2.45) is 5.92 Å². The second kappa shape index (κ2) is 11.7. The summed E-state index contributed by atoms with van der Waals surface area (Å²) in [6.07, 6.45) is -2.12. The van der Waals surface area contributed by atoms with Gasteiger partial charge in [0, 0.05) is 18.6 Å². The average molecular weight is 554 g/mol. The minimum Gasteiger partial charge on any atom is -0.609 e. The Balaban J connectivity index is 1.55. The van der Waals surface area contributed by atoms with Crippen molar-refractivity contribution in [2.45, 2.75) is 57.4 Å². The molecule has 214 valence electrons. The molecule has 0 aliphatic carbocycles. The van der Waals surface area contributed by atoms with Crippen LogP contribution >= 0.6 is 0 Å². The summed E-state index contributed by atoms with van der Waals surface area (Å²) in [4.78, 5) is 56.6. The number of fused-ring (bicyclic) bond motifs is 2. The van der Waals surface area contributed by atoms with E-state index in [0.717, 1.165) is 5.56 Å². The number of amides is 2. The zero-order chi connectivity index (χ0) is 29.2. The lowest BCUT2D eigenvalue weighted by molar-refractivity contribution is -0.785. The van der Waals surface area contributed by atoms with Gasteiger partial charge in [-0.3, -0.25) is 9.59 Å². The molecule has 0 radical (unpaired) electrons. The molecule has 2 amide bonds. The molecule has 40 heavy (non-hydrogen) atoms. The number of likely N-dealkylation sites (N-methyl/N-ethyl adjacent to an activating group) is 1. The van der Waals surface area contributed by atoms with Gasteiger partial charge in [-0.1, -0.05) is 56.7 Å². The molecule has 2 saturated heterocycles. The number of carbonyl (C=O) groups is 4. The number of nitrogens with zero attached hydrogens (tertiary/aromatic N) is 1. The Bertz CT molecular complexity index is 1280. The highest BCUT2D eigenvalue weighted by atomic mass is 16.7. The summed E-state index contributed by atoms with van der Waals surface area (Å²) < 4.78 is 16.5. The van der Waals surface area contributed by atoms with E-state index in [1.165, 1.54) is 20.1 Å². The highest BCUT2D eigenvalue weighted by Crippen LogP contribution is 2.29. The topological polar surface area (TPSA) is 158 Å². The number of ether oxygens (including phenoxy) is 1. The highest BCUT2D eigenvalue weighted by Gasteiger charge is 2.70. The van der Waals surface area contributed by atoms with Gasteiger partial charge in [0.15, 0.2) is 12.1 Å². The predicted octanol–water partition coefficient (Wildman–Crippen LogP) is -0.751. The van der Waals surface area contributed by atoms with Crippen LogP contribution in [-0.2, 0) is 28.4 Å². The minimum atomic E-state index is -2.55. The van der Waals surface area contributed by atoms with Gasteiger partial charge < -0.3 is 34.6 Å². The standard InChI is InChI=1S/C27H35BN4O8/c1-15(2)14-20(28-32(4)22(26(36)40-28)23(39-28)27(37)38-5)30-25(35)21(16(3)33)31-24(34)19-13-9-12-18(29-19)17-10-7-6-8-11-17/h6-13,15-16,20-23,32-33H,14H2,1-5H3,(H,30,35)(H,31,34)/t16-,20+,21+,22+,23-,28?/m1/s1. The number of aliphatic hydroxyl groups excluding tert-OH is 1. The Morgan fingerprint density at radius 3 is 2.42 bits per heavy atom. The number of nitrogens with one attached hydrogen (secondary N) is 3. The lowest BCUT2D eigenvalue weighted by atomic mass is 9.59. The van der Waals surface area contributed by atoms with Crippen LogP contribution in [-0.4, -0.2) is 84.9 Å². The van der Waals surface area contributed by atoms with Gasteiger partial charge in [-0.15, -0.1) is 0 Å². The monoisotopic (exact) mass is 554 g/mol. The summed E-state index contributed by atoms with van der Waals surface area (Å²) >= 11 is 0. The molecule has 0 spiro atoms. The number of rotatable bonds is 10. The normalized spacial score (nSPS) is 25.6. The summed E-state index contributed by atoms with van der Waals surface area (Å²) in [5, 5.41) is 15.9. The first-order chi connectivity index (χ1) is 19.0. The van der Waals surface area contributed by atoms with E-state index in [2.05, 4.69) is 15.6 Å². The van der Waals surface area contributed by atoms with Gasteiger partial charge in [0.05, 0.1) is 18.9 Å². The van der Waals surface area contributed by atoms with E-state index in [0.29, 0.717) is 16.9 Å². The molecule has 2 fully saturated rings. The number of benzene rings is 1. The third kappa shape index (κ3) is 5.58. The highest BCUT2D eigenvalue weighted by molar-refractivity contribution is 6.65. The Morgan fingerprint density at radius 2 is 1.80 bits per heavy atom. The maximum Gasteiger partial charge on any atom is 0.548 e. The molecule has 12 nitrogen and oxygen atoms in total. The molecule has 2 unspecified atom stereocenters. The fourth-order valence-electron chi connectivity index (χ4n) is 5.45. The fraction of sp³-hybridized carbons (Fsp3) is 0.444. The van der Waals surface area contributed by atoms with Crippen LogP contribution in [0.25, 0.3) is 11.3 Å². The number of methoxy groups -OCH3 is 1. The van der Waals surface area contributed by atoms with E-state index in [1.807, 2.05) is 44.2 Å². The van der Waals surface area contributed by atoms with Gasteiger partial charge in [-0.25, -0.2) is 14.6 Å². The first kappa shape index (κ1) is 29.2. The Morgan fingerprint density at radius 1 is 1.10 bits per heavy atom. The van der Waals surface area contributed by atoms with Gasteiger partial charge in [0.25, 0.3) is 5.91 Å². The molecule has 2 aromatic rings. The first-order valence-electron chi connectivity index (χ1n) is 13.3. The van der Waals surface area contributed by atoms with Crippen LogP contribution in [0.2, 0.25) is 0 Å². The quantitative estimate of drug-likeness (QED) is 0.219. The van der Waals surface area contributed by atoms with E-state index in [4.69, 9.17) is 14.0 Å². The second-order valence-electron chi connectivity index (χ2n) is 10.7. The van der Waals surface area contributed by atoms with Crippen molar-refractivity contribution in [1.82, 2.24) is 15.6 Å². The van der Waals surface area contributed by atoms with Crippen molar-refractivity contribution in [2.75, 3.05) is 14.2 Å². The van der Waals surface area contributed by atoms with Gasteiger partial charge in [0.1, 0.15) is 11.7 Å². The lowest BCUT2D eigenvalue weighted by Gasteiger charge is -2.40. The first-order valence-corrected chi connectivity index (χ1v) is 13.3. The molecule has 13 heteroatoms. The Labute approximate surface area is 232 Å². The minimum absolute atomic E-state index is 0.0254. The van der Waals surface area contributed by atoms with E-state index < -0.39 is 60.7 Å². The Kier molecular flexibility index (Phi) is 8.57. The van der Waals surface area contributed by atoms with E-state index in [9.17, 15) is 24.3 Å². The fourth-order valence-corrected chi connectivity index (χ4v) is 5.45. The molecule has 4 N–H and O–H groups in total. The van der Waals surface area contributed by atoms with Crippen molar-refractivity contribution in [1.29, 1.82) is 0 Å². The maximum atomic E-state index is 13.5. The molecule has 7 atom stereocenters.